The van der Waals surface area contributed by atoms with Gasteiger partial charge in [-0.2, -0.15) is 0 Å². The molecule has 12 heteroatoms. The molecule has 5 N–H and O–H groups in total. The maximum absolute atomic E-state index is 13.3. The number of pyridine rings is 1. The first-order valence-corrected chi connectivity index (χ1v) is 21.2. The Hall–Kier alpha value is -2.70. The first kappa shape index (κ1) is 40.5. The van der Waals surface area contributed by atoms with Crippen molar-refractivity contribution in [1.82, 2.24) is 19.6 Å². The minimum atomic E-state index is -0.356. The van der Waals surface area contributed by atoms with Crippen LogP contribution in [0.5, 0.6) is 0 Å². The third-order valence-corrected chi connectivity index (χ3v) is 14.5. The van der Waals surface area contributed by atoms with Crippen LogP contribution in [0.2, 0.25) is 16.9 Å². The summed E-state index contributed by atoms with van der Waals surface area (Å²) in [6.45, 7) is 8.60. The molecule has 0 spiro atoms. The van der Waals surface area contributed by atoms with Crippen LogP contribution in [0.25, 0.3) is 0 Å². The second kappa shape index (κ2) is 17.4. The molecule has 2 aromatic carbocycles. The molecule has 4 heterocycles. The van der Waals surface area contributed by atoms with Crippen LogP contribution < -0.4 is 5.73 Å². The summed E-state index contributed by atoms with van der Waals surface area (Å²) in [5.74, 6) is 2.81. The molecule has 55 heavy (non-hydrogen) atoms. The standard InChI is InChI=1S/C27H35ClN4O2.C16H23BClNO2/c28-24-3-1-21(2-4-24)27(16-23(27)18-33)22-8-13-32(14-9-22)26(34)20-6-11-31(12-7-20)17-19-5-10-30-25(29)15-19;1-17(21)19-8-6-13(7-9-19)16(10-14(16)11-20)12-2-4-15(18)5-3-12/h1-5,10,15,20,22-23,33H,6-9,11-14,16-18H2,(H2,29,30);2-5,13-14,20-21H,6-11H2,1H3/t23-,27+;14-,16+/m01/s1. The van der Waals surface area contributed by atoms with E-state index in [-0.39, 0.29) is 37.0 Å². The van der Waals surface area contributed by atoms with Crippen LogP contribution in [-0.2, 0) is 22.2 Å². The van der Waals surface area contributed by atoms with Crippen molar-refractivity contribution < 1.29 is 20.0 Å². The van der Waals surface area contributed by atoms with Gasteiger partial charge in [0.2, 0.25) is 5.91 Å². The molecule has 0 bridgehead atoms. The molecule has 0 unspecified atom stereocenters. The van der Waals surface area contributed by atoms with E-state index in [4.69, 9.17) is 28.9 Å². The zero-order chi connectivity index (χ0) is 38.7. The summed E-state index contributed by atoms with van der Waals surface area (Å²) in [5.41, 5.74) is 9.78. The van der Waals surface area contributed by atoms with E-state index in [0.29, 0.717) is 35.4 Å². The van der Waals surface area contributed by atoms with Gasteiger partial charge in [0.25, 0.3) is 0 Å². The van der Waals surface area contributed by atoms with Gasteiger partial charge in [-0.25, -0.2) is 4.98 Å². The molecule has 3 aliphatic heterocycles. The summed E-state index contributed by atoms with van der Waals surface area (Å²) in [4.78, 5) is 24.0. The molecule has 4 atom stereocenters. The fraction of sp³-hybridized carbons (Fsp3) is 0.581. The number of nitrogen functional groups attached to an aromatic ring is 1. The Morgan fingerprint density at radius 1 is 0.782 bits per heavy atom. The molecule has 0 radical (unpaired) electrons. The SMILES string of the molecule is CB(O)N1CCC([C@@]2(c3ccc(Cl)cc3)C[C@@H]2CO)CC1.Nc1cc(CN2CCC(C(=O)N3CCC([C@]4(c5ccc(Cl)cc5)C[C@H]4CO)CC3)CC2)ccn1. The third-order valence-electron chi connectivity index (χ3n) is 14.0. The van der Waals surface area contributed by atoms with Crippen LogP contribution in [-0.4, -0.2) is 100 Å². The Labute approximate surface area is 337 Å². The van der Waals surface area contributed by atoms with E-state index in [9.17, 15) is 20.0 Å². The molecule has 296 valence electrons. The monoisotopic (exact) mass is 789 g/mol. The fourth-order valence-corrected chi connectivity index (χ4v) is 11.0. The number of hydrogen-bond donors (Lipinski definition) is 4. The minimum absolute atomic E-state index is 0.0518. The molecule has 2 saturated carbocycles. The van der Waals surface area contributed by atoms with Crippen molar-refractivity contribution in [2.75, 3.05) is 58.2 Å². The lowest BCUT2D eigenvalue weighted by atomic mass is 9.73. The summed E-state index contributed by atoms with van der Waals surface area (Å²) in [5, 5.41) is 30.8. The Kier molecular flexibility index (Phi) is 12.8. The summed E-state index contributed by atoms with van der Waals surface area (Å²) in [6, 6.07) is 20.3. The second-order valence-electron chi connectivity index (χ2n) is 16.9. The number of anilines is 1. The predicted octanol–water partition coefficient (Wildman–Crippen LogP) is 6.13. The first-order valence-electron chi connectivity index (χ1n) is 20.4. The molecule has 2 aliphatic carbocycles. The lowest BCUT2D eigenvalue weighted by Gasteiger charge is -2.40. The maximum Gasteiger partial charge on any atom is 0.376 e. The fourth-order valence-electron chi connectivity index (χ4n) is 10.7. The van der Waals surface area contributed by atoms with E-state index in [0.717, 1.165) is 107 Å². The number of amides is 1. The quantitative estimate of drug-likeness (QED) is 0.181. The number of piperidine rings is 3. The Morgan fingerprint density at radius 3 is 1.71 bits per heavy atom. The largest absolute Gasteiger partial charge is 0.437 e. The molecule has 1 aromatic heterocycles. The number of likely N-dealkylation sites (tertiary alicyclic amines) is 2. The van der Waals surface area contributed by atoms with Crippen LogP contribution in [0.3, 0.4) is 0 Å². The van der Waals surface area contributed by atoms with Crippen LogP contribution in [0.4, 0.5) is 5.82 Å². The van der Waals surface area contributed by atoms with Crippen molar-refractivity contribution in [1.29, 1.82) is 0 Å². The van der Waals surface area contributed by atoms with E-state index in [1.165, 1.54) is 16.7 Å². The molecule has 3 saturated heterocycles. The van der Waals surface area contributed by atoms with Gasteiger partial charge in [0.05, 0.1) is 0 Å². The summed E-state index contributed by atoms with van der Waals surface area (Å²) in [7, 11) is -0.356. The van der Waals surface area contributed by atoms with E-state index >= 15 is 0 Å². The summed E-state index contributed by atoms with van der Waals surface area (Å²) >= 11 is 12.1. The van der Waals surface area contributed by atoms with Crippen molar-refractivity contribution in [3.05, 3.63) is 93.6 Å². The molecule has 8 rings (SSSR count). The number of nitrogens with two attached hydrogens (primary N) is 1. The van der Waals surface area contributed by atoms with Crippen molar-refractivity contribution >= 4 is 42.0 Å². The molecule has 5 aliphatic rings. The van der Waals surface area contributed by atoms with Crippen molar-refractivity contribution in [3.8, 4) is 0 Å². The predicted molar refractivity (Wildman–Crippen MR) is 221 cm³/mol. The average Bonchev–Trinajstić information content (AvgIpc) is 4.13. The number of carbonyl (C=O) groups excluding carboxylic acids is 1. The smallest absolute Gasteiger partial charge is 0.376 e. The van der Waals surface area contributed by atoms with E-state index in [1.807, 2.05) is 43.2 Å². The van der Waals surface area contributed by atoms with Crippen LogP contribution in [0.15, 0.2) is 66.9 Å². The zero-order valence-electron chi connectivity index (χ0n) is 32.2. The topological polar surface area (TPSA) is 126 Å². The molecule has 5 fully saturated rings. The number of halogens is 2. The molecule has 3 aromatic rings. The van der Waals surface area contributed by atoms with Gasteiger partial charge in [-0.1, -0.05) is 47.5 Å². The number of aliphatic hydroxyl groups excluding tert-OH is 2. The lowest BCUT2D eigenvalue weighted by molar-refractivity contribution is -0.138. The average molecular weight is 791 g/mol. The van der Waals surface area contributed by atoms with Crippen molar-refractivity contribution in [3.63, 3.8) is 0 Å². The number of nitrogens with zero attached hydrogens (tertiary/aromatic N) is 4. The normalized spacial score (nSPS) is 28.0. The minimum Gasteiger partial charge on any atom is -0.437 e. The zero-order valence-corrected chi connectivity index (χ0v) is 33.7. The first-order chi connectivity index (χ1) is 26.6. The van der Waals surface area contributed by atoms with Crippen LogP contribution in [0.1, 0.15) is 68.1 Å². The molecular formula is C43H58BCl2N5O4. The van der Waals surface area contributed by atoms with Gasteiger partial charge < -0.3 is 30.7 Å². The highest BCUT2D eigenvalue weighted by molar-refractivity contribution is 6.45. The highest BCUT2D eigenvalue weighted by Crippen LogP contribution is 2.62. The highest BCUT2D eigenvalue weighted by Gasteiger charge is 2.60. The second-order valence-corrected chi connectivity index (χ2v) is 17.8. The number of aromatic nitrogens is 1. The molecule has 9 nitrogen and oxygen atoms in total. The Bertz CT molecular complexity index is 1730. The third kappa shape index (κ3) is 8.76. The Balaban J connectivity index is 0.000000190. The molecule has 1 amide bonds. The Morgan fingerprint density at radius 2 is 1.27 bits per heavy atom. The number of aliphatic hydroxyl groups is 2. The van der Waals surface area contributed by atoms with E-state index in [2.05, 4.69) is 43.9 Å². The van der Waals surface area contributed by atoms with Crippen LogP contribution in [0, 0.1) is 29.6 Å². The van der Waals surface area contributed by atoms with Crippen molar-refractivity contribution in [2.45, 2.75) is 75.6 Å². The maximum atomic E-state index is 13.3. The number of rotatable bonds is 10. The van der Waals surface area contributed by atoms with Crippen LogP contribution >= 0.6 is 23.2 Å². The van der Waals surface area contributed by atoms with Gasteiger partial charge in [0.15, 0.2) is 0 Å². The number of benzene rings is 2. The van der Waals surface area contributed by atoms with Gasteiger partial charge in [-0.15, -0.1) is 0 Å². The lowest BCUT2D eigenvalue weighted by Crippen LogP contribution is -2.46. The van der Waals surface area contributed by atoms with Gasteiger partial charge >= 0.3 is 7.05 Å². The summed E-state index contributed by atoms with van der Waals surface area (Å²) in [6.07, 6.45) is 9.89. The van der Waals surface area contributed by atoms with Gasteiger partial charge in [-0.05, 0) is 161 Å². The van der Waals surface area contributed by atoms with E-state index in [1.54, 1.807) is 6.20 Å². The van der Waals surface area contributed by atoms with Gasteiger partial charge in [0, 0.05) is 65.8 Å². The van der Waals surface area contributed by atoms with Gasteiger partial charge in [0.1, 0.15) is 5.82 Å². The number of carbonyl (C=O) groups is 1. The van der Waals surface area contributed by atoms with Crippen molar-refractivity contribution in [2.24, 2.45) is 29.6 Å². The summed E-state index contributed by atoms with van der Waals surface area (Å²) < 4.78 is 0. The van der Waals surface area contributed by atoms with Gasteiger partial charge in [-0.3, -0.25) is 9.69 Å². The number of hydrogen-bond acceptors (Lipinski definition) is 8. The molecular weight excluding hydrogens is 732 g/mol. The highest BCUT2D eigenvalue weighted by atomic mass is 35.5. The van der Waals surface area contributed by atoms with E-state index < -0.39 is 0 Å².